The maximum absolute atomic E-state index is 12.6. The van der Waals surface area contributed by atoms with Gasteiger partial charge in [-0.3, -0.25) is 4.79 Å². The second-order valence-corrected chi connectivity index (χ2v) is 7.94. The van der Waals surface area contributed by atoms with Gasteiger partial charge in [-0.05, 0) is 43.3 Å². The minimum atomic E-state index is -0.214. The van der Waals surface area contributed by atoms with E-state index in [0.29, 0.717) is 16.6 Å². The second-order valence-electron chi connectivity index (χ2n) is 7.13. The highest BCUT2D eigenvalue weighted by Gasteiger charge is 2.22. The normalized spacial score (nSPS) is 16.5. The van der Waals surface area contributed by atoms with Crippen LogP contribution in [0.1, 0.15) is 12.5 Å². The zero-order valence-corrected chi connectivity index (χ0v) is 17.7. The molecule has 0 radical (unpaired) electrons. The van der Waals surface area contributed by atoms with Crippen molar-refractivity contribution in [3.63, 3.8) is 0 Å². The molecule has 1 unspecified atom stereocenters. The number of benzene rings is 2. The molecule has 1 amide bonds. The van der Waals surface area contributed by atoms with Gasteiger partial charge in [0.25, 0.3) is 5.91 Å². The van der Waals surface area contributed by atoms with Crippen molar-refractivity contribution >= 4 is 40.5 Å². The van der Waals surface area contributed by atoms with E-state index in [1.807, 2.05) is 50.4 Å². The number of quaternary nitrogens is 1. The predicted molar refractivity (Wildman–Crippen MR) is 115 cm³/mol. The van der Waals surface area contributed by atoms with Crippen LogP contribution in [0.2, 0.25) is 10.0 Å². The lowest BCUT2D eigenvalue weighted by molar-refractivity contribution is -0.907. The summed E-state index contributed by atoms with van der Waals surface area (Å²) in [6.45, 7) is 5.90. The molecule has 7 heteroatoms. The second kappa shape index (κ2) is 9.61. The van der Waals surface area contributed by atoms with Crippen LogP contribution in [0.3, 0.4) is 0 Å². The van der Waals surface area contributed by atoms with Gasteiger partial charge >= 0.3 is 0 Å². The zero-order chi connectivity index (χ0) is 20.1. The topological polar surface area (TPSA) is 46.0 Å². The quantitative estimate of drug-likeness (QED) is 0.751. The summed E-state index contributed by atoms with van der Waals surface area (Å²) in [5.74, 6) is -0.0170. The molecule has 2 atom stereocenters. The number of ether oxygens (including phenoxy) is 1. The van der Waals surface area contributed by atoms with Gasteiger partial charge in [0, 0.05) is 30.0 Å². The van der Waals surface area contributed by atoms with Crippen molar-refractivity contribution in [2.75, 3.05) is 43.6 Å². The summed E-state index contributed by atoms with van der Waals surface area (Å²) in [6.07, 6.45) is 0. The van der Waals surface area contributed by atoms with Gasteiger partial charge in [-0.25, -0.2) is 0 Å². The van der Waals surface area contributed by atoms with E-state index in [1.165, 1.54) is 0 Å². The van der Waals surface area contributed by atoms with Crippen LogP contribution in [-0.4, -0.2) is 45.3 Å². The number of hydrogen-bond donors (Lipinski definition) is 2. The molecule has 0 aromatic heterocycles. The zero-order valence-electron chi connectivity index (χ0n) is 16.2. The molecule has 0 spiro atoms. The molecule has 1 aliphatic rings. The Bertz CT molecular complexity index is 808. The van der Waals surface area contributed by atoms with Gasteiger partial charge in [0.2, 0.25) is 0 Å². The molecule has 2 aromatic carbocycles. The maximum atomic E-state index is 12.6. The minimum absolute atomic E-state index is 0.0170. The van der Waals surface area contributed by atoms with E-state index < -0.39 is 0 Å². The summed E-state index contributed by atoms with van der Waals surface area (Å²) in [4.78, 5) is 16.0. The molecule has 3 rings (SSSR count). The van der Waals surface area contributed by atoms with Crippen molar-refractivity contribution in [3.05, 3.63) is 58.1 Å². The van der Waals surface area contributed by atoms with Gasteiger partial charge in [0.1, 0.15) is 6.54 Å². The lowest BCUT2D eigenvalue weighted by atomic mass is 10.2. The third-order valence-corrected chi connectivity index (χ3v) is 5.85. The Hall–Kier alpha value is -1.79. The molecule has 150 valence electrons. The Labute approximate surface area is 176 Å². The van der Waals surface area contributed by atoms with Crippen LogP contribution in [-0.2, 0) is 16.1 Å². The third-order valence-electron chi connectivity index (χ3n) is 5.11. The highest BCUT2D eigenvalue weighted by molar-refractivity contribution is 6.42. The molecule has 28 heavy (non-hydrogen) atoms. The summed E-state index contributed by atoms with van der Waals surface area (Å²) in [6, 6.07) is 13.3. The number of morpholine rings is 1. The molecule has 1 heterocycles. The fourth-order valence-corrected chi connectivity index (χ4v) is 3.50. The molecule has 2 N–H and O–H groups in total. The first kappa shape index (κ1) is 20.9. The van der Waals surface area contributed by atoms with Gasteiger partial charge in [-0.1, -0.05) is 29.3 Å². The molecule has 0 saturated carbocycles. The number of carbonyl (C=O) groups is 1. The smallest absolute Gasteiger partial charge is 0.282 e. The first-order chi connectivity index (χ1) is 13.4. The van der Waals surface area contributed by atoms with E-state index in [4.69, 9.17) is 27.9 Å². The van der Waals surface area contributed by atoms with E-state index in [1.54, 1.807) is 6.07 Å². The summed E-state index contributed by atoms with van der Waals surface area (Å²) < 4.78 is 5.39. The summed E-state index contributed by atoms with van der Waals surface area (Å²) >= 11 is 12.1. The van der Waals surface area contributed by atoms with Crippen LogP contribution >= 0.6 is 23.2 Å². The van der Waals surface area contributed by atoms with Crippen molar-refractivity contribution < 1.29 is 14.4 Å². The van der Waals surface area contributed by atoms with E-state index in [2.05, 4.69) is 10.2 Å². The van der Waals surface area contributed by atoms with Gasteiger partial charge < -0.3 is 19.9 Å². The molecule has 1 fully saturated rings. The number of anilines is 2. The van der Waals surface area contributed by atoms with E-state index in [9.17, 15) is 4.79 Å². The monoisotopic (exact) mass is 422 g/mol. The summed E-state index contributed by atoms with van der Waals surface area (Å²) in [5.41, 5.74) is 2.99. The molecule has 1 aliphatic heterocycles. The number of amides is 1. The maximum Gasteiger partial charge on any atom is 0.282 e. The van der Waals surface area contributed by atoms with Gasteiger partial charge in [-0.2, -0.15) is 0 Å². The standard InChI is InChI=1S/C21H25Cl2N3O2/c1-15(25(2)14-16-3-8-19(22)20(23)13-16)21(27)24-17-4-6-18(7-5-17)26-9-11-28-12-10-26/h3-8,13,15H,9-12,14H2,1-2H3,(H,24,27)/p+1/t15-/m0/s1. The van der Waals surface area contributed by atoms with Crippen LogP contribution in [0.25, 0.3) is 0 Å². The van der Waals surface area contributed by atoms with E-state index in [0.717, 1.165) is 48.1 Å². The van der Waals surface area contributed by atoms with Crippen LogP contribution in [0, 0.1) is 0 Å². The lowest BCUT2D eigenvalue weighted by Crippen LogP contribution is -3.12. The highest BCUT2D eigenvalue weighted by atomic mass is 35.5. The van der Waals surface area contributed by atoms with Crippen LogP contribution in [0.5, 0.6) is 0 Å². The highest BCUT2D eigenvalue weighted by Crippen LogP contribution is 2.22. The average molecular weight is 423 g/mol. The van der Waals surface area contributed by atoms with E-state index >= 15 is 0 Å². The summed E-state index contributed by atoms with van der Waals surface area (Å²) in [5, 5.41) is 4.08. The van der Waals surface area contributed by atoms with Gasteiger partial charge in [0.05, 0.1) is 30.3 Å². The first-order valence-electron chi connectivity index (χ1n) is 9.44. The van der Waals surface area contributed by atoms with Gasteiger partial charge in [-0.15, -0.1) is 0 Å². The number of hydrogen-bond acceptors (Lipinski definition) is 3. The number of rotatable bonds is 6. The number of nitrogens with zero attached hydrogens (tertiary/aromatic N) is 1. The Morgan fingerprint density at radius 3 is 2.46 bits per heavy atom. The largest absolute Gasteiger partial charge is 0.378 e. The number of halogens is 2. The molecule has 0 bridgehead atoms. The Kier molecular flexibility index (Phi) is 7.18. The first-order valence-corrected chi connectivity index (χ1v) is 10.2. The van der Waals surface area contributed by atoms with Gasteiger partial charge in [0.15, 0.2) is 6.04 Å². The Morgan fingerprint density at radius 2 is 1.82 bits per heavy atom. The molecular formula is C21H26Cl2N3O2+. The van der Waals surface area contributed by atoms with Crippen molar-refractivity contribution in [3.8, 4) is 0 Å². The number of likely N-dealkylation sites (N-methyl/N-ethyl adjacent to an activating group) is 1. The minimum Gasteiger partial charge on any atom is -0.378 e. The molecule has 0 aliphatic carbocycles. The fourth-order valence-electron chi connectivity index (χ4n) is 3.18. The molecular weight excluding hydrogens is 397 g/mol. The van der Waals surface area contributed by atoms with Crippen molar-refractivity contribution in [2.45, 2.75) is 19.5 Å². The molecule has 2 aromatic rings. The third kappa shape index (κ3) is 5.39. The predicted octanol–water partition coefficient (Wildman–Crippen LogP) is 2.87. The molecule has 5 nitrogen and oxygen atoms in total. The Balaban J connectivity index is 1.56. The van der Waals surface area contributed by atoms with E-state index in [-0.39, 0.29) is 11.9 Å². The van der Waals surface area contributed by atoms with Crippen LogP contribution < -0.4 is 15.1 Å². The Morgan fingerprint density at radius 1 is 1.14 bits per heavy atom. The lowest BCUT2D eigenvalue weighted by Gasteiger charge is -2.29. The number of nitrogens with one attached hydrogen (secondary N) is 2. The van der Waals surface area contributed by atoms with Crippen LogP contribution in [0.4, 0.5) is 11.4 Å². The fraction of sp³-hybridized carbons (Fsp3) is 0.381. The van der Waals surface area contributed by atoms with Crippen LogP contribution in [0.15, 0.2) is 42.5 Å². The van der Waals surface area contributed by atoms with Crippen molar-refractivity contribution in [1.82, 2.24) is 0 Å². The number of carbonyl (C=O) groups excluding carboxylic acids is 1. The van der Waals surface area contributed by atoms with Crippen molar-refractivity contribution in [2.24, 2.45) is 0 Å². The summed E-state index contributed by atoms with van der Waals surface area (Å²) in [7, 11) is 1.99. The SMILES string of the molecule is C[C@@H](C(=O)Nc1ccc(N2CCOCC2)cc1)[NH+](C)Cc1ccc(Cl)c(Cl)c1. The average Bonchev–Trinajstić information content (AvgIpc) is 2.71. The van der Waals surface area contributed by atoms with Crippen molar-refractivity contribution in [1.29, 1.82) is 0 Å². The molecule has 1 saturated heterocycles.